The molecule has 0 bridgehead atoms. The molecule has 0 radical (unpaired) electrons. The predicted molar refractivity (Wildman–Crippen MR) is 59.0 cm³/mol. The summed E-state index contributed by atoms with van der Waals surface area (Å²) in [6.45, 7) is 0.804. The van der Waals surface area contributed by atoms with Crippen LogP contribution in [-0.4, -0.2) is 12.4 Å². The topological polar surface area (TPSA) is 9.23 Å². The molecule has 0 aliphatic heterocycles. The highest BCUT2D eigenvalue weighted by molar-refractivity contribution is 7.80. The third-order valence-electron chi connectivity index (χ3n) is 1.70. The first kappa shape index (κ1) is 11.3. The van der Waals surface area contributed by atoms with E-state index in [1.165, 1.54) is 6.07 Å². The van der Waals surface area contributed by atoms with Crippen molar-refractivity contribution in [3.8, 4) is 0 Å². The zero-order chi connectivity index (χ0) is 10.2. The highest BCUT2D eigenvalue weighted by atomic mass is 32.1. The molecule has 0 saturated carbocycles. The van der Waals surface area contributed by atoms with E-state index >= 15 is 0 Å². The summed E-state index contributed by atoms with van der Waals surface area (Å²) in [4.78, 5) is 0. The van der Waals surface area contributed by atoms with Crippen LogP contribution in [0.15, 0.2) is 36.4 Å². The van der Waals surface area contributed by atoms with Crippen molar-refractivity contribution in [3.05, 3.63) is 47.8 Å². The highest BCUT2D eigenvalue weighted by Crippen LogP contribution is 2.07. The van der Waals surface area contributed by atoms with Crippen molar-refractivity contribution in [3.63, 3.8) is 0 Å². The van der Waals surface area contributed by atoms with Gasteiger partial charge in [0.05, 0.1) is 13.2 Å². The fraction of sp³-hybridized carbons (Fsp3) is 0.273. The third-order valence-corrected chi connectivity index (χ3v) is 1.91. The fourth-order valence-corrected chi connectivity index (χ4v) is 1.14. The molecular formula is C11H13FOS. The van der Waals surface area contributed by atoms with Gasteiger partial charge in [0.1, 0.15) is 5.82 Å². The van der Waals surface area contributed by atoms with E-state index in [0.717, 1.165) is 0 Å². The lowest BCUT2D eigenvalue weighted by Gasteiger charge is -2.02. The summed E-state index contributed by atoms with van der Waals surface area (Å²) in [7, 11) is 0. The zero-order valence-corrected chi connectivity index (χ0v) is 8.71. The van der Waals surface area contributed by atoms with Crippen LogP contribution in [0, 0.1) is 5.82 Å². The van der Waals surface area contributed by atoms with Gasteiger partial charge in [-0.2, -0.15) is 12.6 Å². The van der Waals surface area contributed by atoms with Crippen molar-refractivity contribution in [2.75, 3.05) is 12.4 Å². The number of ether oxygens (including phenoxy) is 1. The number of thiol groups is 1. The van der Waals surface area contributed by atoms with Crippen molar-refractivity contribution in [2.45, 2.75) is 6.61 Å². The molecule has 0 atom stereocenters. The van der Waals surface area contributed by atoms with Gasteiger partial charge in [-0.05, 0) is 6.07 Å². The molecule has 1 rings (SSSR count). The number of rotatable bonds is 5. The normalized spacial score (nSPS) is 11.0. The molecule has 0 aliphatic rings. The predicted octanol–water partition coefficient (Wildman–Crippen LogP) is 2.83. The summed E-state index contributed by atoms with van der Waals surface area (Å²) in [5.74, 6) is 0.481. The van der Waals surface area contributed by atoms with E-state index in [4.69, 9.17) is 4.74 Å². The highest BCUT2D eigenvalue weighted by Gasteiger charge is 1.98. The second-order valence-corrected chi connectivity index (χ2v) is 3.13. The van der Waals surface area contributed by atoms with E-state index in [2.05, 4.69) is 12.6 Å². The quantitative estimate of drug-likeness (QED) is 0.448. The van der Waals surface area contributed by atoms with Gasteiger partial charge in [-0.15, -0.1) is 0 Å². The van der Waals surface area contributed by atoms with Crippen molar-refractivity contribution in [1.29, 1.82) is 0 Å². The van der Waals surface area contributed by atoms with Gasteiger partial charge in [-0.3, -0.25) is 0 Å². The summed E-state index contributed by atoms with van der Waals surface area (Å²) in [6.07, 6.45) is 3.76. The van der Waals surface area contributed by atoms with E-state index < -0.39 is 0 Å². The molecule has 14 heavy (non-hydrogen) atoms. The van der Waals surface area contributed by atoms with Gasteiger partial charge in [0.2, 0.25) is 0 Å². The minimum atomic E-state index is -0.217. The standard InChI is InChI=1S/C11H13FOS/c12-11-6-2-1-5-10(11)9-13-7-3-4-8-14/h1-6,14H,7-9H2. The Morgan fingerprint density at radius 3 is 2.79 bits per heavy atom. The molecule has 0 saturated heterocycles. The van der Waals surface area contributed by atoms with Crippen LogP contribution in [-0.2, 0) is 11.3 Å². The van der Waals surface area contributed by atoms with Gasteiger partial charge in [-0.1, -0.05) is 30.4 Å². The summed E-state index contributed by atoms with van der Waals surface area (Å²) >= 11 is 4.01. The summed E-state index contributed by atoms with van der Waals surface area (Å²) in [6, 6.07) is 6.62. The number of hydrogen-bond acceptors (Lipinski definition) is 2. The van der Waals surface area contributed by atoms with E-state index in [0.29, 0.717) is 24.5 Å². The maximum Gasteiger partial charge on any atom is 0.128 e. The van der Waals surface area contributed by atoms with Crippen molar-refractivity contribution in [2.24, 2.45) is 0 Å². The Morgan fingerprint density at radius 2 is 2.07 bits per heavy atom. The Labute approximate surface area is 89.0 Å². The third kappa shape index (κ3) is 3.94. The second-order valence-electron chi connectivity index (χ2n) is 2.76. The smallest absolute Gasteiger partial charge is 0.128 e. The number of benzene rings is 1. The molecule has 0 aromatic heterocycles. The van der Waals surface area contributed by atoms with E-state index in [-0.39, 0.29) is 5.82 Å². The van der Waals surface area contributed by atoms with Gasteiger partial charge in [0, 0.05) is 11.3 Å². The van der Waals surface area contributed by atoms with Crippen molar-refractivity contribution >= 4 is 12.6 Å². The Hall–Kier alpha value is -0.800. The van der Waals surface area contributed by atoms with Crippen LogP contribution in [0.4, 0.5) is 4.39 Å². The molecule has 0 fully saturated rings. The van der Waals surface area contributed by atoms with Crippen LogP contribution in [0.1, 0.15) is 5.56 Å². The van der Waals surface area contributed by atoms with Gasteiger partial charge in [0.15, 0.2) is 0 Å². The van der Waals surface area contributed by atoms with Crippen LogP contribution in [0.25, 0.3) is 0 Å². The Morgan fingerprint density at radius 1 is 1.29 bits per heavy atom. The van der Waals surface area contributed by atoms with Crippen LogP contribution in [0.2, 0.25) is 0 Å². The maximum atomic E-state index is 13.1. The van der Waals surface area contributed by atoms with Crippen molar-refractivity contribution in [1.82, 2.24) is 0 Å². The maximum absolute atomic E-state index is 13.1. The number of halogens is 1. The molecule has 1 aromatic rings. The van der Waals surface area contributed by atoms with Gasteiger partial charge in [0.25, 0.3) is 0 Å². The SMILES string of the molecule is Fc1ccccc1COCC=CCS. The first-order valence-corrected chi connectivity index (χ1v) is 5.05. The summed E-state index contributed by atoms with van der Waals surface area (Å²) in [5, 5.41) is 0. The monoisotopic (exact) mass is 212 g/mol. The minimum absolute atomic E-state index is 0.217. The van der Waals surface area contributed by atoms with Crippen LogP contribution < -0.4 is 0 Å². The summed E-state index contributed by atoms with van der Waals surface area (Å²) in [5.41, 5.74) is 0.590. The van der Waals surface area contributed by atoms with E-state index in [9.17, 15) is 4.39 Å². The molecule has 3 heteroatoms. The second kappa shape index (κ2) is 6.62. The molecule has 1 nitrogen and oxygen atoms in total. The molecule has 0 spiro atoms. The molecule has 0 unspecified atom stereocenters. The van der Waals surface area contributed by atoms with Gasteiger partial charge >= 0.3 is 0 Å². The Bertz CT molecular complexity index is 299. The lowest BCUT2D eigenvalue weighted by molar-refractivity contribution is 0.146. The van der Waals surface area contributed by atoms with Crippen LogP contribution in [0.5, 0.6) is 0 Å². The lowest BCUT2D eigenvalue weighted by atomic mass is 10.2. The molecule has 76 valence electrons. The molecule has 0 aliphatic carbocycles. The fourth-order valence-electron chi connectivity index (χ4n) is 0.995. The van der Waals surface area contributed by atoms with Crippen LogP contribution in [0.3, 0.4) is 0 Å². The largest absolute Gasteiger partial charge is 0.373 e. The average molecular weight is 212 g/mol. The van der Waals surface area contributed by atoms with E-state index in [1.807, 2.05) is 12.2 Å². The number of hydrogen-bond donors (Lipinski definition) is 1. The van der Waals surface area contributed by atoms with E-state index in [1.54, 1.807) is 18.2 Å². The Kier molecular flexibility index (Phi) is 5.33. The van der Waals surface area contributed by atoms with Crippen molar-refractivity contribution < 1.29 is 9.13 Å². The van der Waals surface area contributed by atoms with Gasteiger partial charge < -0.3 is 4.74 Å². The zero-order valence-electron chi connectivity index (χ0n) is 7.82. The lowest BCUT2D eigenvalue weighted by Crippen LogP contribution is -1.95. The molecule has 0 amide bonds. The first-order chi connectivity index (χ1) is 6.84. The average Bonchev–Trinajstić information content (AvgIpc) is 2.20. The molecular weight excluding hydrogens is 199 g/mol. The molecule has 0 heterocycles. The minimum Gasteiger partial charge on any atom is -0.373 e. The Balaban J connectivity index is 2.31. The first-order valence-electron chi connectivity index (χ1n) is 4.41. The molecule has 0 N–H and O–H groups in total. The summed E-state index contributed by atoms with van der Waals surface area (Å²) < 4.78 is 18.3. The molecule has 1 aromatic carbocycles. The van der Waals surface area contributed by atoms with Crippen LogP contribution >= 0.6 is 12.6 Å². The van der Waals surface area contributed by atoms with Gasteiger partial charge in [-0.25, -0.2) is 4.39 Å².